The van der Waals surface area contributed by atoms with E-state index in [1.807, 2.05) is 0 Å². The quantitative estimate of drug-likeness (QED) is 0.0891. The van der Waals surface area contributed by atoms with Crippen LogP contribution in [0.2, 0.25) is 0 Å². The average Bonchev–Trinajstić information content (AvgIpc) is 2.88. The number of amides is 1. The Hall–Kier alpha value is -1.30. The van der Waals surface area contributed by atoms with Crippen molar-refractivity contribution in [2.45, 2.75) is 142 Å². The molecule has 1 N–H and O–H groups in total. The van der Waals surface area contributed by atoms with Crippen LogP contribution in [-0.2, 0) is 14.3 Å². The first-order valence-corrected chi connectivity index (χ1v) is 15.4. The fraction of sp³-hybridized carbons (Fsp3) is 0.933. The lowest BCUT2D eigenvalue weighted by Crippen LogP contribution is -2.29. The lowest BCUT2D eigenvalue weighted by molar-refractivity contribution is -0.143. The smallest absolute Gasteiger partial charge is 0.406 e. The number of hydrogen-bond donors (Lipinski definition) is 1. The molecule has 0 aromatic heterocycles. The molecule has 6 heteroatoms. The number of nitrogens with one attached hydrogen (secondary N) is 1. The largest absolute Gasteiger partial charge is 0.466 e. The number of alkyl carbamates (subject to hydrolysis) is 1. The van der Waals surface area contributed by atoms with Gasteiger partial charge >= 0.3 is 12.1 Å². The molecule has 0 heterocycles. The predicted octanol–water partition coefficient (Wildman–Crippen LogP) is 8.03. The number of hydrogen-bond acceptors (Lipinski definition) is 5. The zero-order chi connectivity index (χ0) is 26.5. The summed E-state index contributed by atoms with van der Waals surface area (Å²) in [5, 5.41) is 2.50. The van der Waals surface area contributed by atoms with Crippen LogP contribution in [0.15, 0.2) is 0 Å². The third-order valence-corrected chi connectivity index (χ3v) is 6.75. The monoisotopic (exact) mass is 512 g/mol. The van der Waals surface area contributed by atoms with E-state index in [-0.39, 0.29) is 12.1 Å². The molecule has 1 amide bonds. The molecule has 0 atom stereocenters. The van der Waals surface area contributed by atoms with Gasteiger partial charge < -0.3 is 19.7 Å². The van der Waals surface area contributed by atoms with Crippen LogP contribution in [0, 0.1) is 0 Å². The lowest BCUT2D eigenvalue weighted by atomic mass is 10.1. The summed E-state index contributed by atoms with van der Waals surface area (Å²) in [4.78, 5) is 25.7. The summed E-state index contributed by atoms with van der Waals surface area (Å²) in [7, 11) is 1.59. The van der Waals surface area contributed by atoms with Crippen molar-refractivity contribution in [3.8, 4) is 0 Å². The van der Waals surface area contributed by atoms with Crippen molar-refractivity contribution in [2.24, 2.45) is 0 Å². The van der Waals surface area contributed by atoms with E-state index < -0.39 is 0 Å². The number of carbonyl (C=O) groups is 2. The van der Waals surface area contributed by atoms with E-state index >= 15 is 0 Å². The minimum atomic E-state index is -0.348. The zero-order valence-corrected chi connectivity index (χ0v) is 24.3. The van der Waals surface area contributed by atoms with Crippen LogP contribution >= 0.6 is 0 Å². The Morgan fingerprint density at radius 3 is 1.56 bits per heavy atom. The van der Waals surface area contributed by atoms with Crippen molar-refractivity contribution >= 4 is 12.1 Å². The van der Waals surface area contributed by atoms with Gasteiger partial charge in [0.2, 0.25) is 0 Å². The van der Waals surface area contributed by atoms with Crippen molar-refractivity contribution in [1.82, 2.24) is 10.2 Å². The van der Waals surface area contributed by atoms with Gasteiger partial charge in [-0.1, -0.05) is 104 Å². The van der Waals surface area contributed by atoms with Gasteiger partial charge in [0.05, 0.1) is 13.2 Å². The first-order chi connectivity index (χ1) is 17.6. The lowest BCUT2D eigenvalue weighted by Gasteiger charge is -2.22. The summed E-state index contributed by atoms with van der Waals surface area (Å²) in [6, 6.07) is 0. The summed E-state index contributed by atoms with van der Waals surface area (Å²) in [6.45, 7) is 8.79. The first-order valence-electron chi connectivity index (χ1n) is 15.4. The van der Waals surface area contributed by atoms with Crippen molar-refractivity contribution in [3.63, 3.8) is 0 Å². The highest BCUT2D eigenvalue weighted by Gasteiger charge is 2.07. The van der Waals surface area contributed by atoms with E-state index in [1.165, 1.54) is 96.3 Å². The standard InChI is InChI=1S/C30H60N2O4/c1-4-6-8-10-12-17-21-27-35-29(33)23-18-14-13-16-20-25-32(24-19-15-11-9-7-5-2)26-22-28-36-30(34)31-3/h4-28H2,1-3H3,(H,31,34). The molecule has 36 heavy (non-hydrogen) atoms. The third-order valence-electron chi connectivity index (χ3n) is 6.75. The van der Waals surface area contributed by atoms with E-state index in [1.54, 1.807) is 7.05 Å². The Kier molecular flexibility index (Phi) is 27.3. The molecule has 0 saturated carbocycles. The van der Waals surface area contributed by atoms with Crippen molar-refractivity contribution in [3.05, 3.63) is 0 Å². The highest BCUT2D eigenvalue weighted by atomic mass is 16.5. The topological polar surface area (TPSA) is 67.9 Å². The molecule has 0 aliphatic heterocycles. The Bertz CT molecular complexity index is 488. The van der Waals surface area contributed by atoms with Crippen LogP contribution in [-0.4, -0.2) is 56.9 Å². The molecule has 0 rings (SSSR count). The SMILES string of the molecule is CCCCCCCCCOC(=O)CCCCCCCN(CCCCCCCC)CCCOC(=O)NC. The summed E-state index contributed by atoms with van der Waals surface area (Å²) in [6.07, 6.45) is 23.3. The second kappa shape index (κ2) is 28.3. The highest BCUT2D eigenvalue weighted by Crippen LogP contribution is 2.11. The number of unbranched alkanes of at least 4 members (excludes halogenated alkanes) is 15. The van der Waals surface area contributed by atoms with Crippen molar-refractivity contribution in [1.29, 1.82) is 0 Å². The molecule has 0 aliphatic carbocycles. The molecular weight excluding hydrogens is 452 g/mol. The van der Waals surface area contributed by atoms with Gasteiger partial charge in [0.1, 0.15) is 0 Å². The maximum Gasteiger partial charge on any atom is 0.406 e. The highest BCUT2D eigenvalue weighted by molar-refractivity contribution is 5.69. The van der Waals surface area contributed by atoms with Gasteiger partial charge in [-0.3, -0.25) is 4.79 Å². The second-order valence-electron chi connectivity index (χ2n) is 10.2. The summed E-state index contributed by atoms with van der Waals surface area (Å²) >= 11 is 0. The summed E-state index contributed by atoms with van der Waals surface area (Å²) in [5.41, 5.74) is 0. The van der Waals surface area contributed by atoms with E-state index in [0.717, 1.165) is 45.3 Å². The Labute approximate surface area is 223 Å². The molecule has 0 unspecified atom stereocenters. The second-order valence-corrected chi connectivity index (χ2v) is 10.2. The molecule has 0 radical (unpaired) electrons. The molecule has 214 valence electrons. The Balaban J connectivity index is 3.80. The van der Waals surface area contributed by atoms with Gasteiger partial charge in [-0.2, -0.15) is 0 Å². The van der Waals surface area contributed by atoms with Gasteiger partial charge in [-0.15, -0.1) is 0 Å². The van der Waals surface area contributed by atoms with E-state index in [2.05, 4.69) is 24.1 Å². The first kappa shape index (κ1) is 34.7. The molecule has 0 fully saturated rings. The van der Waals surface area contributed by atoms with Crippen molar-refractivity contribution < 1.29 is 19.1 Å². The normalized spacial score (nSPS) is 11.1. The maximum atomic E-state index is 11.9. The Morgan fingerprint density at radius 2 is 1.00 bits per heavy atom. The molecular formula is C30H60N2O4. The van der Waals surface area contributed by atoms with Crippen LogP contribution in [0.5, 0.6) is 0 Å². The number of ether oxygens (including phenoxy) is 2. The van der Waals surface area contributed by atoms with Crippen LogP contribution in [0.4, 0.5) is 4.79 Å². The molecule has 0 aromatic rings. The third kappa shape index (κ3) is 25.8. The summed E-state index contributed by atoms with van der Waals surface area (Å²) < 4.78 is 10.5. The van der Waals surface area contributed by atoms with Gasteiger partial charge in [0.15, 0.2) is 0 Å². The van der Waals surface area contributed by atoms with Gasteiger partial charge in [-0.25, -0.2) is 4.79 Å². The summed E-state index contributed by atoms with van der Waals surface area (Å²) in [5.74, 6) is -0.0231. The fourth-order valence-electron chi connectivity index (χ4n) is 4.43. The fourth-order valence-corrected chi connectivity index (χ4v) is 4.43. The average molecular weight is 513 g/mol. The molecule has 0 bridgehead atoms. The van der Waals surface area contributed by atoms with Gasteiger partial charge in [0, 0.05) is 20.0 Å². The van der Waals surface area contributed by atoms with Gasteiger partial charge in [0.25, 0.3) is 0 Å². The maximum absolute atomic E-state index is 11.9. The molecule has 6 nitrogen and oxygen atoms in total. The van der Waals surface area contributed by atoms with E-state index in [9.17, 15) is 9.59 Å². The molecule has 0 spiro atoms. The number of carbonyl (C=O) groups excluding carboxylic acids is 2. The Morgan fingerprint density at radius 1 is 0.556 bits per heavy atom. The van der Waals surface area contributed by atoms with E-state index in [4.69, 9.17) is 9.47 Å². The minimum Gasteiger partial charge on any atom is -0.466 e. The van der Waals surface area contributed by atoms with Crippen LogP contribution in [0.1, 0.15) is 142 Å². The van der Waals surface area contributed by atoms with Crippen LogP contribution < -0.4 is 5.32 Å². The van der Waals surface area contributed by atoms with E-state index in [0.29, 0.717) is 19.6 Å². The van der Waals surface area contributed by atoms with Crippen LogP contribution in [0.3, 0.4) is 0 Å². The number of esters is 1. The molecule has 0 aliphatic rings. The van der Waals surface area contributed by atoms with Crippen molar-refractivity contribution in [2.75, 3.05) is 39.9 Å². The predicted molar refractivity (Wildman–Crippen MR) is 151 cm³/mol. The van der Waals surface area contributed by atoms with Crippen LogP contribution in [0.25, 0.3) is 0 Å². The van der Waals surface area contributed by atoms with Gasteiger partial charge in [-0.05, 0) is 45.2 Å². The minimum absolute atomic E-state index is 0.0231. The zero-order valence-electron chi connectivity index (χ0n) is 24.3. The molecule has 0 saturated heterocycles. The molecule has 0 aromatic carbocycles. The number of rotatable bonds is 27. The number of nitrogens with zero attached hydrogens (tertiary/aromatic N) is 1.